The van der Waals surface area contributed by atoms with Gasteiger partial charge in [0.2, 0.25) is 11.8 Å². The van der Waals surface area contributed by atoms with Crippen LogP contribution in [0.2, 0.25) is 0 Å². The fourth-order valence-corrected chi connectivity index (χ4v) is 4.93. The number of rotatable bonds is 9. The van der Waals surface area contributed by atoms with Crippen molar-refractivity contribution < 1.29 is 19.3 Å². The normalized spacial score (nSPS) is 19.5. The van der Waals surface area contributed by atoms with Gasteiger partial charge in [0.25, 0.3) is 11.7 Å². The molecule has 1 saturated heterocycles. The third-order valence-electron chi connectivity index (χ3n) is 6.91. The van der Waals surface area contributed by atoms with Gasteiger partial charge in [-0.25, -0.2) is 5.48 Å². The van der Waals surface area contributed by atoms with Crippen LogP contribution in [0.3, 0.4) is 0 Å². The lowest BCUT2D eigenvalue weighted by atomic mass is 9.84. The highest BCUT2D eigenvalue weighted by molar-refractivity contribution is 5.90. The molecule has 0 spiro atoms. The molecule has 1 aromatic heterocycles. The zero-order chi connectivity index (χ0) is 22.2. The van der Waals surface area contributed by atoms with Gasteiger partial charge in [-0.3, -0.25) is 14.8 Å². The molecule has 0 aromatic carbocycles. The first-order chi connectivity index (χ1) is 15.0. The summed E-state index contributed by atoms with van der Waals surface area (Å²) in [5.41, 5.74) is 1.69. The molecule has 0 unspecified atom stereocenters. The van der Waals surface area contributed by atoms with Crippen molar-refractivity contribution in [2.75, 3.05) is 27.2 Å². The van der Waals surface area contributed by atoms with Gasteiger partial charge < -0.3 is 14.3 Å². The average molecular weight is 436 g/mol. The van der Waals surface area contributed by atoms with Gasteiger partial charge in [0.15, 0.2) is 0 Å². The Morgan fingerprint density at radius 2 is 1.90 bits per heavy atom. The maximum Gasteiger partial charge on any atom is 0.295 e. The Morgan fingerprint density at radius 3 is 2.55 bits per heavy atom. The summed E-state index contributed by atoms with van der Waals surface area (Å²) in [6, 6.07) is 0.482. The number of carbonyl (C=O) groups excluding carboxylic acids is 2. The largest absolute Gasteiger partial charge is 0.338 e. The SMILES string of the molecule is CN(C)C1CCN(C(=O)c2noc([C@H](CCCC3CCCCC3)CC(=O)NO)n2)CC1. The summed E-state index contributed by atoms with van der Waals surface area (Å²) in [5.74, 6) is 0.105. The van der Waals surface area contributed by atoms with Gasteiger partial charge in [-0.1, -0.05) is 50.1 Å². The third kappa shape index (κ3) is 6.74. The van der Waals surface area contributed by atoms with E-state index in [1.165, 1.54) is 32.1 Å². The molecule has 3 rings (SSSR count). The van der Waals surface area contributed by atoms with Crippen molar-refractivity contribution in [1.29, 1.82) is 0 Å². The lowest BCUT2D eigenvalue weighted by Gasteiger charge is -2.34. The molecule has 1 aromatic rings. The van der Waals surface area contributed by atoms with Crippen LogP contribution in [0.15, 0.2) is 4.52 Å². The molecular weight excluding hydrogens is 398 g/mol. The van der Waals surface area contributed by atoms with Crippen LogP contribution < -0.4 is 5.48 Å². The van der Waals surface area contributed by atoms with Gasteiger partial charge in [-0.2, -0.15) is 4.98 Å². The fourth-order valence-electron chi connectivity index (χ4n) is 4.93. The number of hydrogen-bond acceptors (Lipinski definition) is 7. The summed E-state index contributed by atoms with van der Waals surface area (Å²) in [7, 11) is 4.12. The summed E-state index contributed by atoms with van der Waals surface area (Å²) in [6.07, 6.45) is 11.2. The van der Waals surface area contributed by atoms with Gasteiger partial charge in [-0.05, 0) is 39.3 Å². The number of piperidine rings is 1. The molecule has 2 aliphatic rings. The first-order valence-electron chi connectivity index (χ1n) is 11.7. The Labute approximate surface area is 184 Å². The molecule has 1 saturated carbocycles. The molecule has 2 N–H and O–H groups in total. The standard InChI is InChI=1S/C22H37N5O4/c1-26(2)18-11-13-27(14-12-18)22(29)20-23-21(31-25-20)17(15-19(28)24-30)10-6-9-16-7-4-3-5-8-16/h16-18,30H,3-15H2,1-2H3,(H,24,28)/t17-/m1/s1. The zero-order valence-corrected chi connectivity index (χ0v) is 18.9. The zero-order valence-electron chi connectivity index (χ0n) is 18.9. The highest BCUT2D eigenvalue weighted by atomic mass is 16.5. The van der Waals surface area contributed by atoms with E-state index in [9.17, 15) is 9.59 Å². The van der Waals surface area contributed by atoms with E-state index in [1.54, 1.807) is 10.4 Å². The Hall–Kier alpha value is -2.00. The summed E-state index contributed by atoms with van der Waals surface area (Å²) >= 11 is 0. The summed E-state index contributed by atoms with van der Waals surface area (Å²) in [4.78, 5) is 32.9. The van der Waals surface area contributed by atoms with Gasteiger partial charge >= 0.3 is 0 Å². The molecule has 0 bridgehead atoms. The quantitative estimate of drug-likeness (QED) is 0.453. The monoisotopic (exact) mass is 435 g/mol. The Morgan fingerprint density at radius 1 is 1.19 bits per heavy atom. The molecule has 174 valence electrons. The minimum absolute atomic E-state index is 0.0555. The minimum Gasteiger partial charge on any atom is -0.338 e. The number of hydroxylamine groups is 1. The van der Waals surface area contributed by atoms with E-state index >= 15 is 0 Å². The van der Waals surface area contributed by atoms with E-state index in [0.29, 0.717) is 31.4 Å². The highest BCUT2D eigenvalue weighted by Crippen LogP contribution is 2.31. The number of likely N-dealkylation sites (tertiary alicyclic amines) is 1. The molecule has 1 atom stereocenters. The summed E-state index contributed by atoms with van der Waals surface area (Å²) < 4.78 is 5.41. The Balaban J connectivity index is 1.58. The van der Waals surface area contributed by atoms with E-state index in [4.69, 9.17) is 9.73 Å². The number of hydrogen-bond donors (Lipinski definition) is 2. The lowest BCUT2D eigenvalue weighted by Crippen LogP contribution is -2.44. The second kappa shape index (κ2) is 11.6. The number of amides is 2. The first-order valence-corrected chi connectivity index (χ1v) is 11.7. The first kappa shape index (κ1) is 23.7. The van der Waals surface area contributed by atoms with Crippen molar-refractivity contribution in [3.63, 3.8) is 0 Å². The average Bonchev–Trinajstić information content (AvgIpc) is 3.28. The molecule has 9 heteroatoms. The van der Waals surface area contributed by atoms with E-state index in [1.807, 2.05) is 0 Å². The van der Waals surface area contributed by atoms with Crippen LogP contribution in [-0.2, 0) is 4.79 Å². The van der Waals surface area contributed by atoms with Crippen LogP contribution in [0.25, 0.3) is 0 Å². The number of aromatic nitrogens is 2. The summed E-state index contributed by atoms with van der Waals surface area (Å²) in [6.45, 7) is 1.34. The van der Waals surface area contributed by atoms with Crippen LogP contribution in [0.1, 0.15) is 93.1 Å². The predicted molar refractivity (Wildman–Crippen MR) is 115 cm³/mol. The molecule has 31 heavy (non-hydrogen) atoms. The van der Waals surface area contributed by atoms with Gasteiger partial charge in [0.1, 0.15) is 0 Å². The van der Waals surface area contributed by atoms with E-state index in [2.05, 4.69) is 29.1 Å². The molecule has 2 fully saturated rings. The number of carbonyl (C=O) groups is 2. The van der Waals surface area contributed by atoms with Crippen LogP contribution in [0.4, 0.5) is 0 Å². The molecule has 2 amide bonds. The van der Waals surface area contributed by atoms with Crippen molar-refractivity contribution in [2.45, 2.75) is 82.6 Å². The molecule has 0 radical (unpaired) electrons. The van der Waals surface area contributed by atoms with Crippen molar-refractivity contribution in [1.82, 2.24) is 25.4 Å². The van der Waals surface area contributed by atoms with E-state index in [-0.39, 0.29) is 24.1 Å². The van der Waals surface area contributed by atoms with Crippen LogP contribution >= 0.6 is 0 Å². The fraction of sp³-hybridized carbons (Fsp3) is 0.818. The molecule has 1 aliphatic carbocycles. The van der Waals surface area contributed by atoms with Gasteiger partial charge in [0, 0.05) is 31.5 Å². The third-order valence-corrected chi connectivity index (χ3v) is 6.91. The van der Waals surface area contributed by atoms with E-state index < -0.39 is 5.91 Å². The number of nitrogens with one attached hydrogen (secondary N) is 1. The molecule has 2 heterocycles. The smallest absolute Gasteiger partial charge is 0.295 e. The van der Waals surface area contributed by atoms with Crippen LogP contribution in [0.5, 0.6) is 0 Å². The predicted octanol–water partition coefficient (Wildman–Crippen LogP) is 2.97. The van der Waals surface area contributed by atoms with Gasteiger partial charge in [0.05, 0.1) is 0 Å². The van der Waals surface area contributed by atoms with Crippen LogP contribution in [-0.4, -0.2) is 70.2 Å². The maximum absolute atomic E-state index is 12.8. The highest BCUT2D eigenvalue weighted by Gasteiger charge is 2.29. The Bertz CT molecular complexity index is 709. The topological polar surface area (TPSA) is 112 Å². The second-order valence-corrected chi connectivity index (χ2v) is 9.31. The minimum atomic E-state index is -0.487. The summed E-state index contributed by atoms with van der Waals surface area (Å²) in [5, 5.41) is 12.9. The van der Waals surface area contributed by atoms with E-state index in [0.717, 1.165) is 31.6 Å². The number of nitrogens with zero attached hydrogens (tertiary/aromatic N) is 4. The van der Waals surface area contributed by atoms with Crippen molar-refractivity contribution >= 4 is 11.8 Å². The van der Waals surface area contributed by atoms with Crippen molar-refractivity contribution in [2.24, 2.45) is 5.92 Å². The molecular formula is C22H37N5O4. The van der Waals surface area contributed by atoms with Gasteiger partial charge in [-0.15, -0.1) is 0 Å². The Kier molecular flexibility index (Phi) is 8.83. The van der Waals surface area contributed by atoms with Crippen molar-refractivity contribution in [3.05, 3.63) is 11.7 Å². The van der Waals surface area contributed by atoms with Crippen LogP contribution in [0, 0.1) is 5.92 Å². The second-order valence-electron chi connectivity index (χ2n) is 9.31. The molecule has 1 aliphatic heterocycles. The lowest BCUT2D eigenvalue weighted by molar-refractivity contribution is -0.129. The van der Waals surface area contributed by atoms with Crippen molar-refractivity contribution in [3.8, 4) is 0 Å². The molecule has 9 nitrogen and oxygen atoms in total. The maximum atomic E-state index is 12.8.